The molecule has 0 aliphatic carbocycles. The monoisotopic (exact) mass is 326 g/mol. The molecule has 126 valence electrons. The van der Waals surface area contributed by atoms with Gasteiger partial charge in [0.15, 0.2) is 0 Å². The Bertz CT molecular complexity index is 682. The van der Waals surface area contributed by atoms with Crippen molar-refractivity contribution in [3.05, 3.63) is 53.5 Å². The maximum Gasteiger partial charge on any atom is 0.271 e. The summed E-state index contributed by atoms with van der Waals surface area (Å²) in [5, 5.41) is 6.04. The summed E-state index contributed by atoms with van der Waals surface area (Å²) in [5.74, 6) is 0.426. The van der Waals surface area contributed by atoms with Crippen LogP contribution in [-0.2, 0) is 11.3 Å². The van der Waals surface area contributed by atoms with Gasteiger partial charge in [-0.25, -0.2) is 9.97 Å². The second kappa shape index (κ2) is 7.88. The Morgan fingerprint density at radius 2 is 2.25 bits per heavy atom. The van der Waals surface area contributed by atoms with E-state index in [0.29, 0.717) is 24.6 Å². The van der Waals surface area contributed by atoms with Gasteiger partial charge in [-0.15, -0.1) is 0 Å². The topological polar surface area (TPSA) is 76.1 Å². The molecular weight excluding hydrogens is 304 g/mol. The van der Waals surface area contributed by atoms with Gasteiger partial charge in [0.25, 0.3) is 5.91 Å². The lowest BCUT2D eigenvalue weighted by Crippen LogP contribution is -2.24. The van der Waals surface area contributed by atoms with E-state index < -0.39 is 0 Å². The third-order valence-electron chi connectivity index (χ3n) is 3.95. The molecule has 6 heteroatoms. The second-order valence-electron chi connectivity index (χ2n) is 5.97. The molecule has 2 aromatic rings. The molecule has 1 saturated heterocycles. The van der Waals surface area contributed by atoms with Gasteiger partial charge in [0.05, 0.1) is 18.5 Å². The SMILES string of the molecule is Cc1cccc(CNC(=O)c2cnc(NCC3CCCO3)cn2)c1. The third kappa shape index (κ3) is 4.52. The number of anilines is 1. The lowest BCUT2D eigenvalue weighted by atomic mass is 10.1. The first-order valence-electron chi connectivity index (χ1n) is 8.22. The van der Waals surface area contributed by atoms with E-state index in [1.54, 1.807) is 6.20 Å². The molecule has 1 aliphatic rings. The lowest BCUT2D eigenvalue weighted by Gasteiger charge is -2.11. The van der Waals surface area contributed by atoms with Gasteiger partial charge in [-0.05, 0) is 25.3 Å². The fourth-order valence-electron chi connectivity index (χ4n) is 2.66. The van der Waals surface area contributed by atoms with Crippen molar-refractivity contribution in [1.29, 1.82) is 0 Å². The van der Waals surface area contributed by atoms with Crippen molar-refractivity contribution in [3.8, 4) is 0 Å². The van der Waals surface area contributed by atoms with E-state index in [0.717, 1.165) is 25.0 Å². The zero-order valence-corrected chi connectivity index (χ0v) is 13.8. The summed E-state index contributed by atoms with van der Waals surface area (Å²) in [6.07, 6.45) is 5.49. The maximum absolute atomic E-state index is 12.1. The number of amides is 1. The van der Waals surface area contributed by atoms with Gasteiger partial charge in [-0.3, -0.25) is 4.79 Å². The van der Waals surface area contributed by atoms with Crippen LogP contribution in [0.3, 0.4) is 0 Å². The number of nitrogens with one attached hydrogen (secondary N) is 2. The highest BCUT2D eigenvalue weighted by atomic mass is 16.5. The fraction of sp³-hybridized carbons (Fsp3) is 0.389. The van der Waals surface area contributed by atoms with E-state index in [-0.39, 0.29) is 12.0 Å². The van der Waals surface area contributed by atoms with Crippen LogP contribution in [-0.4, -0.2) is 35.1 Å². The van der Waals surface area contributed by atoms with Crippen LogP contribution in [0.25, 0.3) is 0 Å². The number of hydrogen-bond acceptors (Lipinski definition) is 5. The normalized spacial score (nSPS) is 16.8. The number of aryl methyl sites for hydroxylation is 1. The standard InChI is InChI=1S/C18H22N4O2/c1-13-4-2-5-14(8-13)9-22-18(23)16-11-21-17(12-19-16)20-10-15-6-3-7-24-15/h2,4-5,8,11-12,15H,3,6-7,9-10H2,1H3,(H,20,21)(H,22,23). The Balaban J connectivity index is 1.49. The average Bonchev–Trinajstić information content (AvgIpc) is 3.12. The zero-order chi connectivity index (χ0) is 16.8. The van der Waals surface area contributed by atoms with E-state index in [9.17, 15) is 4.79 Å². The summed E-state index contributed by atoms with van der Waals surface area (Å²) in [5.41, 5.74) is 2.54. The van der Waals surface area contributed by atoms with E-state index in [4.69, 9.17) is 4.74 Å². The lowest BCUT2D eigenvalue weighted by molar-refractivity contribution is 0.0945. The molecule has 1 atom stereocenters. The number of benzene rings is 1. The average molecular weight is 326 g/mol. The van der Waals surface area contributed by atoms with Gasteiger partial charge < -0.3 is 15.4 Å². The van der Waals surface area contributed by atoms with Crippen molar-refractivity contribution in [2.75, 3.05) is 18.5 Å². The van der Waals surface area contributed by atoms with Gasteiger partial charge in [-0.2, -0.15) is 0 Å². The van der Waals surface area contributed by atoms with Crippen LogP contribution in [0.4, 0.5) is 5.82 Å². The Morgan fingerprint density at radius 3 is 2.96 bits per heavy atom. The molecule has 0 spiro atoms. The van der Waals surface area contributed by atoms with E-state index >= 15 is 0 Å². The van der Waals surface area contributed by atoms with Crippen molar-refractivity contribution in [2.24, 2.45) is 0 Å². The molecule has 2 N–H and O–H groups in total. The van der Waals surface area contributed by atoms with Crippen LogP contribution in [0.1, 0.15) is 34.5 Å². The molecule has 1 unspecified atom stereocenters. The minimum atomic E-state index is -0.227. The van der Waals surface area contributed by atoms with Crippen molar-refractivity contribution in [1.82, 2.24) is 15.3 Å². The molecule has 6 nitrogen and oxygen atoms in total. The molecule has 1 fully saturated rings. The quantitative estimate of drug-likeness (QED) is 0.852. The molecule has 0 radical (unpaired) electrons. The predicted molar refractivity (Wildman–Crippen MR) is 91.8 cm³/mol. The summed E-state index contributed by atoms with van der Waals surface area (Å²) in [6, 6.07) is 8.03. The summed E-state index contributed by atoms with van der Waals surface area (Å²) in [4.78, 5) is 20.5. The summed E-state index contributed by atoms with van der Waals surface area (Å²) < 4.78 is 5.54. The van der Waals surface area contributed by atoms with Crippen molar-refractivity contribution in [3.63, 3.8) is 0 Å². The van der Waals surface area contributed by atoms with E-state index in [1.807, 2.05) is 31.2 Å². The molecule has 2 heterocycles. The zero-order valence-electron chi connectivity index (χ0n) is 13.8. The minimum absolute atomic E-state index is 0.227. The predicted octanol–water partition coefficient (Wildman–Crippen LogP) is 2.31. The summed E-state index contributed by atoms with van der Waals surface area (Å²) in [6.45, 7) is 4.05. The molecule has 1 amide bonds. The highest BCUT2D eigenvalue weighted by Crippen LogP contribution is 2.12. The van der Waals surface area contributed by atoms with Gasteiger partial charge in [0.2, 0.25) is 0 Å². The minimum Gasteiger partial charge on any atom is -0.376 e. The first kappa shape index (κ1) is 16.4. The number of carbonyl (C=O) groups excluding carboxylic acids is 1. The van der Waals surface area contributed by atoms with Crippen molar-refractivity contribution < 1.29 is 9.53 Å². The number of nitrogens with zero attached hydrogens (tertiary/aromatic N) is 2. The van der Waals surface area contributed by atoms with Crippen LogP contribution < -0.4 is 10.6 Å². The van der Waals surface area contributed by atoms with Gasteiger partial charge in [0.1, 0.15) is 11.5 Å². The van der Waals surface area contributed by atoms with Crippen LogP contribution >= 0.6 is 0 Å². The smallest absolute Gasteiger partial charge is 0.271 e. The fourth-order valence-corrected chi connectivity index (χ4v) is 2.66. The molecule has 3 rings (SSSR count). The largest absolute Gasteiger partial charge is 0.376 e. The number of rotatable bonds is 6. The van der Waals surface area contributed by atoms with Crippen LogP contribution in [0.15, 0.2) is 36.7 Å². The van der Waals surface area contributed by atoms with Crippen molar-refractivity contribution in [2.45, 2.75) is 32.4 Å². The molecule has 24 heavy (non-hydrogen) atoms. The van der Waals surface area contributed by atoms with Crippen LogP contribution in [0, 0.1) is 6.92 Å². The second-order valence-corrected chi connectivity index (χ2v) is 5.97. The highest BCUT2D eigenvalue weighted by molar-refractivity contribution is 5.91. The Labute approximate surface area is 141 Å². The number of carbonyl (C=O) groups is 1. The van der Waals surface area contributed by atoms with Gasteiger partial charge >= 0.3 is 0 Å². The molecule has 1 aliphatic heterocycles. The van der Waals surface area contributed by atoms with Gasteiger partial charge in [-0.1, -0.05) is 29.8 Å². The Hall–Kier alpha value is -2.47. The number of hydrogen-bond donors (Lipinski definition) is 2. The molecule has 0 bridgehead atoms. The van der Waals surface area contributed by atoms with E-state index in [1.165, 1.54) is 11.8 Å². The number of aromatic nitrogens is 2. The maximum atomic E-state index is 12.1. The summed E-state index contributed by atoms with van der Waals surface area (Å²) >= 11 is 0. The third-order valence-corrected chi connectivity index (χ3v) is 3.95. The molecular formula is C18H22N4O2. The number of ether oxygens (including phenoxy) is 1. The Kier molecular flexibility index (Phi) is 5.38. The molecule has 1 aromatic heterocycles. The first-order chi connectivity index (χ1) is 11.7. The molecule has 0 saturated carbocycles. The van der Waals surface area contributed by atoms with Gasteiger partial charge in [0, 0.05) is 19.7 Å². The summed E-state index contributed by atoms with van der Waals surface area (Å²) in [7, 11) is 0. The Morgan fingerprint density at radius 1 is 1.33 bits per heavy atom. The van der Waals surface area contributed by atoms with Crippen LogP contribution in [0.5, 0.6) is 0 Å². The highest BCUT2D eigenvalue weighted by Gasteiger charge is 2.15. The van der Waals surface area contributed by atoms with Crippen LogP contribution in [0.2, 0.25) is 0 Å². The van der Waals surface area contributed by atoms with E-state index in [2.05, 4.69) is 20.6 Å². The van der Waals surface area contributed by atoms with Crippen molar-refractivity contribution >= 4 is 11.7 Å². The first-order valence-corrected chi connectivity index (χ1v) is 8.22. The molecule has 1 aromatic carbocycles.